The molecule has 2 aromatic heterocycles. The van der Waals surface area contributed by atoms with Crippen molar-refractivity contribution in [3.8, 4) is 11.3 Å². The van der Waals surface area contributed by atoms with Crippen LogP contribution in [-0.2, 0) is 9.47 Å². The predicted molar refractivity (Wildman–Crippen MR) is 122 cm³/mol. The van der Waals surface area contributed by atoms with Gasteiger partial charge in [0, 0.05) is 83.2 Å². The predicted octanol–water partition coefficient (Wildman–Crippen LogP) is 4.29. The molecular weight excluding hydrogens is 376 g/mol. The minimum absolute atomic E-state index is 0.0833. The van der Waals surface area contributed by atoms with Gasteiger partial charge in [-0.1, -0.05) is 12.1 Å². The molecule has 0 unspecified atom stereocenters. The van der Waals surface area contributed by atoms with Crippen LogP contribution in [0.15, 0.2) is 48.8 Å². The molecule has 1 aliphatic rings. The molecule has 1 aliphatic heterocycles. The third-order valence-corrected chi connectivity index (χ3v) is 6.15. The molecule has 6 heteroatoms. The van der Waals surface area contributed by atoms with Crippen LogP contribution in [0.2, 0.25) is 0 Å². The number of imidazole rings is 1. The number of pyridine rings is 1. The Morgan fingerprint density at radius 1 is 1.07 bits per heavy atom. The highest BCUT2D eigenvalue weighted by molar-refractivity contribution is 5.67. The van der Waals surface area contributed by atoms with Crippen molar-refractivity contribution in [3.05, 3.63) is 48.8 Å². The lowest BCUT2D eigenvalue weighted by Crippen LogP contribution is -2.35. The first-order valence-electron chi connectivity index (χ1n) is 10.6. The summed E-state index contributed by atoms with van der Waals surface area (Å²) in [6.07, 6.45) is 7.40. The van der Waals surface area contributed by atoms with Crippen LogP contribution in [0.4, 0.5) is 11.4 Å². The van der Waals surface area contributed by atoms with Crippen molar-refractivity contribution in [2.24, 2.45) is 5.92 Å². The van der Waals surface area contributed by atoms with Gasteiger partial charge in [0.15, 0.2) is 6.29 Å². The van der Waals surface area contributed by atoms with E-state index >= 15 is 0 Å². The van der Waals surface area contributed by atoms with Crippen LogP contribution >= 0.6 is 0 Å². The van der Waals surface area contributed by atoms with Crippen LogP contribution in [0.5, 0.6) is 0 Å². The molecular formula is C24H32N4O2. The molecule has 0 amide bonds. The first kappa shape index (κ1) is 20.7. The molecule has 0 saturated carbocycles. The SMILES string of the molecule is COC(CC1CCN(c2ccc(-c3cn4ccc(N(C)C)cc4n3)cc2)CC1)OC. The fourth-order valence-corrected chi connectivity index (χ4v) is 4.22. The average Bonchev–Trinajstić information content (AvgIpc) is 3.21. The number of ether oxygens (including phenoxy) is 2. The maximum atomic E-state index is 5.36. The summed E-state index contributed by atoms with van der Waals surface area (Å²) in [5.41, 5.74) is 5.55. The summed E-state index contributed by atoms with van der Waals surface area (Å²) in [6.45, 7) is 2.15. The number of aromatic nitrogens is 2. The maximum Gasteiger partial charge on any atom is 0.157 e. The van der Waals surface area contributed by atoms with Gasteiger partial charge in [-0.3, -0.25) is 0 Å². The Balaban J connectivity index is 1.42. The zero-order chi connectivity index (χ0) is 21.1. The van der Waals surface area contributed by atoms with E-state index in [0.717, 1.165) is 42.1 Å². The summed E-state index contributed by atoms with van der Waals surface area (Å²) in [5, 5.41) is 0. The highest BCUT2D eigenvalue weighted by Crippen LogP contribution is 2.29. The van der Waals surface area contributed by atoms with Crippen molar-refractivity contribution < 1.29 is 9.47 Å². The lowest BCUT2D eigenvalue weighted by atomic mass is 9.93. The molecule has 3 heterocycles. The van der Waals surface area contributed by atoms with Crippen molar-refractivity contribution in [1.82, 2.24) is 9.38 Å². The van der Waals surface area contributed by atoms with Gasteiger partial charge in [-0.25, -0.2) is 4.98 Å². The van der Waals surface area contributed by atoms with Gasteiger partial charge in [-0.15, -0.1) is 0 Å². The number of anilines is 2. The van der Waals surface area contributed by atoms with Gasteiger partial charge in [0.25, 0.3) is 0 Å². The van der Waals surface area contributed by atoms with Gasteiger partial charge in [0.2, 0.25) is 0 Å². The van der Waals surface area contributed by atoms with Gasteiger partial charge >= 0.3 is 0 Å². The third-order valence-electron chi connectivity index (χ3n) is 6.15. The van der Waals surface area contributed by atoms with Crippen LogP contribution in [-0.4, -0.2) is 57.1 Å². The average molecular weight is 409 g/mol. The Morgan fingerprint density at radius 2 is 1.77 bits per heavy atom. The van der Waals surface area contributed by atoms with Gasteiger partial charge in [-0.2, -0.15) is 0 Å². The van der Waals surface area contributed by atoms with Gasteiger partial charge in [-0.05, 0) is 37.0 Å². The highest BCUT2D eigenvalue weighted by Gasteiger charge is 2.22. The Labute approximate surface area is 179 Å². The smallest absolute Gasteiger partial charge is 0.157 e. The number of benzene rings is 1. The van der Waals surface area contributed by atoms with Gasteiger partial charge in [0.05, 0.1) is 5.69 Å². The van der Waals surface area contributed by atoms with E-state index in [4.69, 9.17) is 14.5 Å². The van der Waals surface area contributed by atoms with Crippen molar-refractivity contribution >= 4 is 17.0 Å². The first-order valence-corrected chi connectivity index (χ1v) is 10.6. The number of rotatable bonds is 7. The van der Waals surface area contributed by atoms with Crippen LogP contribution in [0.1, 0.15) is 19.3 Å². The molecule has 0 bridgehead atoms. The molecule has 6 nitrogen and oxygen atoms in total. The molecule has 1 aromatic carbocycles. The molecule has 0 N–H and O–H groups in total. The standard InChI is InChI=1S/C24H32N4O2/c1-26(2)21-11-14-28-17-22(25-23(28)16-21)19-5-7-20(8-6-19)27-12-9-18(10-13-27)15-24(29-3)30-4/h5-8,11,14,16-18,24H,9-10,12-13,15H2,1-4H3. The Kier molecular flexibility index (Phi) is 6.25. The molecule has 0 radical (unpaired) electrons. The summed E-state index contributed by atoms with van der Waals surface area (Å²) in [5.74, 6) is 0.662. The monoisotopic (exact) mass is 408 g/mol. The molecule has 3 aromatic rings. The normalized spacial score (nSPS) is 15.3. The van der Waals surface area contributed by atoms with E-state index in [9.17, 15) is 0 Å². The van der Waals surface area contributed by atoms with Gasteiger partial charge in [0.1, 0.15) is 5.65 Å². The molecule has 160 valence electrons. The summed E-state index contributed by atoms with van der Waals surface area (Å²) in [6, 6.07) is 13.0. The van der Waals surface area contributed by atoms with E-state index < -0.39 is 0 Å². The Hall–Kier alpha value is -2.57. The van der Waals surface area contributed by atoms with Crippen molar-refractivity contribution in [3.63, 3.8) is 0 Å². The molecule has 30 heavy (non-hydrogen) atoms. The second kappa shape index (κ2) is 9.06. The van der Waals surface area contributed by atoms with Crippen LogP contribution < -0.4 is 9.80 Å². The topological polar surface area (TPSA) is 42.2 Å². The van der Waals surface area contributed by atoms with Crippen molar-refractivity contribution in [2.75, 3.05) is 51.2 Å². The highest BCUT2D eigenvalue weighted by atomic mass is 16.7. The Morgan fingerprint density at radius 3 is 2.40 bits per heavy atom. The van der Waals surface area contributed by atoms with E-state index in [0.29, 0.717) is 5.92 Å². The van der Waals surface area contributed by atoms with E-state index in [1.165, 1.54) is 18.5 Å². The van der Waals surface area contributed by atoms with E-state index in [2.05, 4.69) is 63.0 Å². The number of hydrogen-bond donors (Lipinski definition) is 0. The molecule has 4 rings (SSSR count). The number of piperidine rings is 1. The minimum Gasteiger partial charge on any atom is -0.378 e. The van der Waals surface area contributed by atoms with Crippen LogP contribution in [0.3, 0.4) is 0 Å². The minimum atomic E-state index is -0.0833. The zero-order valence-electron chi connectivity index (χ0n) is 18.4. The van der Waals surface area contributed by atoms with Crippen molar-refractivity contribution in [2.45, 2.75) is 25.6 Å². The lowest BCUT2D eigenvalue weighted by Gasteiger charge is -2.34. The third kappa shape index (κ3) is 4.45. The van der Waals surface area contributed by atoms with E-state index in [1.54, 1.807) is 14.2 Å². The fourth-order valence-electron chi connectivity index (χ4n) is 4.22. The number of fused-ring (bicyclic) bond motifs is 1. The zero-order valence-corrected chi connectivity index (χ0v) is 18.4. The summed E-state index contributed by atoms with van der Waals surface area (Å²) in [7, 11) is 7.53. The van der Waals surface area contributed by atoms with Crippen molar-refractivity contribution in [1.29, 1.82) is 0 Å². The second-order valence-corrected chi connectivity index (χ2v) is 8.28. The maximum absolute atomic E-state index is 5.36. The summed E-state index contributed by atoms with van der Waals surface area (Å²) in [4.78, 5) is 9.39. The Bertz CT molecular complexity index is 955. The number of nitrogens with zero attached hydrogens (tertiary/aromatic N) is 4. The van der Waals surface area contributed by atoms with E-state index in [1.807, 2.05) is 14.1 Å². The van der Waals surface area contributed by atoms with Crippen LogP contribution in [0, 0.1) is 5.92 Å². The summed E-state index contributed by atoms with van der Waals surface area (Å²) < 4.78 is 12.8. The van der Waals surface area contributed by atoms with Crippen LogP contribution in [0.25, 0.3) is 16.9 Å². The number of methoxy groups -OCH3 is 2. The molecule has 0 spiro atoms. The number of hydrogen-bond acceptors (Lipinski definition) is 5. The lowest BCUT2D eigenvalue weighted by molar-refractivity contribution is -0.115. The second-order valence-electron chi connectivity index (χ2n) is 8.28. The quantitative estimate of drug-likeness (QED) is 0.546. The molecule has 1 fully saturated rings. The van der Waals surface area contributed by atoms with E-state index in [-0.39, 0.29) is 6.29 Å². The molecule has 1 saturated heterocycles. The van der Waals surface area contributed by atoms with Gasteiger partial charge < -0.3 is 23.7 Å². The molecule has 0 atom stereocenters. The largest absolute Gasteiger partial charge is 0.378 e. The fraction of sp³-hybridized carbons (Fsp3) is 0.458. The first-order chi connectivity index (χ1) is 14.6. The summed E-state index contributed by atoms with van der Waals surface area (Å²) >= 11 is 0. The molecule has 0 aliphatic carbocycles.